The molecule has 0 spiro atoms. The number of rotatable bonds is 2. The number of nitrogens with zero attached hydrogens (tertiary/aromatic N) is 5. The van der Waals surface area contributed by atoms with Gasteiger partial charge in [0, 0.05) is 26.2 Å². The summed E-state index contributed by atoms with van der Waals surface area (Å²) in [6.07, 6.45) is 0. The Kier molecular flexibility index (Phi) is 5.43. The number of hydroxylamine groups is 1. The van der Waals surface area contributed by atoms with Gasteiger partial charge in [0.25, 0.3) is 0 Å². The fourth-order valence-corrected chi connectivity index (χ4v) is 3.54. The molecule has 0 unspecified atom stereocenters. The minimum absolute atomic E-state index is 0.110. The number of piperazine rings is 1. The van der Waals surface area contributed by atoms with Crippen molar-refractivity contribution >= 4 is 29.2 Å². The number of aliphatic imine (C=N–C) groups is 1. The normalized spacial score (nSPS) is 16.1. The van der Waals surface area contributed by atoms with Crippen LogP contribution in [0.25, 0.3) is 0 Å². The molecule has 1 aliphatic heterocycles. The highest BCUT2D eigenvalue weighted by Crippen LogP contribution is 2.25. The third kappa shape index (κ3) is 4.13. The van der Waals surface area contributed by atoms with Crippen molar-refractivity contribution in [1.82, 2.24) is 19.1 Å². The molecule has 0 amide bonds. The molecule has 1 aromatic heterocycles. The largest absolute Gasteiger partial charge is 0.351 e. The molecule has 2 heterocycles. The van der Waals surface area contributed by atoms with Gasteiger partial charge in [-0.15, -0.1) is 0 Å². The van der Waals surface area contributed by atoms with Gasteiger partial charge >= 0.3 is 0 Å². The summed E-state index contributed by atoms with van der Waals surface area (Å²) >= 11 is 1.24. The highest BCUT2D eigenvalue weighted by Gasteiger charge is 2.22. The van der Waals surface area contributed by atoms with Gasteiger partial charge in [0.2, 0.25) is 5.96 Å². The quantitative estimate of drug-likeness (QED) is 0.478. The van der Waals surface area contributed by atoms with E-state index in [1.807, 2.05) is 24.0 Å². The van der Waals surface area contributed by atoms with Crippen LogP contribution in [0.15, 0.2) is 29.3 Å². The van der Waals surface area contributed by atoms with Crippen molar-refractivity contribution in [2.24, 2.45) is 4.99 Å². The summed E-state index contributed by atoms with van der Waals surface area (Å²) in [5, 5.41) is 9.56. The molecule has 1 aliphatic rings. The lowest BCUT2D eigenvalue weighted by Gasteiger charge is -2.36. The Bertz CT molecular complexity index is 757. The molecule has 0 aliphatic carbocycles. The molecular weight excluding hydrogens is 348 g/mol. The Morgan fingerprint density at radius 2 is 1.77 bits per heavy atom. The third-order valence-corrected chi connectivity index (χ3v) is 5.19. The molecule has 1 saturated heterocycles. The van der Waals surface area contributed by atoms with E-state index >= 15 is 0 Å². The van der Waals surface area contributed by atoms with E-state index in [1.165, 1.54) is 17.3 Å². The second-order valence-corrected chi connectivity index (χ2v) is 8.02. The zero-order valence-corrected chi connectivity index (χ0v) is 16.5. The van der Waals surface area contributed by atoms with Crippen LogP contribution in [0.2, 0.25) is 0 Å². The predicted octanol–water partition coefficient (Wildman–Crippen LogP) is 2.93. The molecule has 140 valence electrons. The smallest absolute Gasteiger partial charge is 0.223 e. The lowest BCUT2D eigenvalue weighted by atomic mass is 9.87. The van der Waals surface area contributed by atoms with Crippen LogP contribution in [0, 0.1) is 6.92 Å². The Morgan fingerprint density at radius 3 is 2.27 bits per heavy atom. The summed E-state index contributed by atoms with van der Waals surface area (Å²) < 4.78 is 8.61. The first-order valence-corrected chi connectivity index (χ1v) is 9.50. The first kappa shape index (κ1) is 18.6. The van der Waals surface area contributed by atoms with Crippen LogP contribution in [0.4, 0.5) is 11.5 Å². The van der Waals surface area contributed by atoms with E-state index in [0.29, 0.717) is 5.96 Å². The maximum atomic E-state index is 9.56. The fourth-order valence-electron chi connectivity index (χ4n) is 2.97. The predicted molar refractivity (Wildman–Crippen MR) is 106 cm³/mol. The molecule has 0 saturated carbocycles. The van der Waals surface area contributed by atoms with Crippen molar-refractivity contribution in [2.45, 2.75) is 33.1 Å². The number of nitrogens with one attached hydrogen (secondary N) is 1. The van der Waals surface area contributed by atoms with Gasteiger partial charge in [-0.1, -0.05) is 32.9 Å². The van der Waals surface area contributed by atoms with Gasteiger partial charge in [-0.25, -0.2) is 10.5 Å². The molecule has 3 rings (SSSR count). The Morgan fingerprint density at radius 1 is 1.12 bits per heavy atom. The average molecular weight is 375 g/mol. The van der Waals surface area contributed by atoms with E-state index in [-0.39, 0.29) is 5.41 Å². The number of hydrogen-bond acceptors (Lipinski definition) is 6. The van der Waals surface area contributed by atoms with Crippen molar-refractivity contribution in [3.05, 3.63) is 35.5 Å². The second-order valence-electron chi connectivity index (χ2n) is 7.49. The van der Waals surface area contributed by atoms with Gasteiger partial charge in [-0.2, -0.15) is 8.75 Å². The fraction of sp³-hybridized carbons (Fsp3) is 0.500. The van der Waals surface area contributed by atoms with E-state index in [2.05, 4.69) is 57.0 Å². The minimum atomic E-state index is 0.110. The van der Waals surface area contributed by atoms with Crippen LogP contribution in [0.3, 0.4) is 0 Å². The second kappa shape index (κ2) is 7.59. The number of guanidine groups is 1. The highest BCUT2D eigenvalue weighted by molar-refractivity contribution is 6.99. The van der Waals surface area contributed by atoms with E-state index in [4.69, 9.17) is 0 Å². The van der Waals surface area contributed by atoms with E-state index in [9.17, 15) is 5.21 Å². The average Bonchev–Trinajstić information content (AvgIpc) is 3.05. The molecule has 2 N–H and O–H groups in total. The first-order chi connectivity index (χ1) is 12.4. The number of aryl methyl sites for hydroxylation is 1. The molecule has 2 aromatic rings. The number of anilines is 1. The van der Waals surface area contributed by atoms with Gasteiger partial charge < -0.3 is 9.80 Å². The van der Waals surface area contributed by atoms with Gasteiger partial charge in [0.05, 0.1) is 23.1 Å². The molecular formula is C18H26N6OS. The summed E-state index contributed by atoms with van der Waals surface area (Å²) in [6, 6.07) is 8.14. The van der Waals surface area contributed by atoms with Crippen LogP contribution < -0.4 is 10.4 Å². The van der Waals surface area contributed by atoms with E-state index in [0.717, 1.165) is 43.4 Å². The first-order valence-electron chi connectivity index (χ1n) is 8.77. The lowest BCUT2D eigenvalue weighted by molar-refractivity contribution is 0.207. The SMILES string of the molecule is Cc1nsnc1N1CCN(C(=Nc2ccc(C(C)(C)C)cc2)NO)CC1. The van der Waals surface area contributed by atoms with Gasteiger partial charge in [-0.3, -0.25) is 5.21 Å². The van der Waals surface area contributed by atoms with Crippen LogP contribution in [0.5, 0.6) is 0 Å². The number of benzene rings is 1. The van der Waals surface area contributed by atoms with Crippen LogP contribution in [-0.2, 0) is 5.41 Å². The molecule has 26 heavy (non-hydrogen) atoms. The standard InChI is InChI=1S/C18H26N6OS/c1-13-16(22-26-21-13)23-9-11-24(12-10-23)17(20-25)19-15-7-5-14(6-8-15)18(2,3)4/h5-8,25H,9-12H2,1-4H3,(H,19,20). The van der Waals surface area contributed by atoms with Gasteiger partial charge in [-0.05, 0) is 30.0 Å². The molecule has 7 nitrogen and oxygen atoms in total. The molecule has 0 radical (unpaired) electrons. The van der Waals surface area contributed by atoms with Crippen LogP contribution in [-0.4, -0.2) is 51.0 Å². The highest BCUT2D eigenvalue weighted by atomic mass is 32.1. The molecule has 8 heteroatoms. The molecule has 0 atom stereocenters. The van der Waals surface area contributed by atoms with E-state index < -0.39 is 0 Å². The maximum absolute atomic E-state index is 9.56. The summed E-state index contributed by atoms with van der Waals surface area (Å²) in [7, 11) is 0. The molecule has 1 aromatic carbocycles. The summed E-state index contributed by atoms with van der Waals surface area (Å²) in [4.78, 5) is 8.84. The monoisotopic (exact) mass is 374 g/mol. The topological polar surface area (TPSA) is 76.9 Å². The zero-order chi connectivity index (χ0) is 18.7. The van der Waals surface area contributed by atoms with E-state index in [1.54, 1.807) is 0 Å². The maximum Gasteiger partial charge on any atom is 0.223 e. The Labute approximate surface area is 158 Å². The van der Waals surface area contributed by atoms with Gasteiger partial charge in [0.1, 0.15) is 0 Å². The van der Waals surface area contributed by atoms with Crippen molar-refractivity contribution < 1.29 is 5.21 Å². The molecule has 1 fully saturated rings. The number of hydrogen-bond donors (Lipinski definition) is 2. The zero-order valence-electron chi connectivity index (χ0n) is 15.7. The van der Waals surface area contributed by atoms with Crippen molar-refractivity contribution in [3.63, 3.8) is 0 Å². The summed E-state index contributed by atoms with van der Waals surface area (Å²) in [6.45, 7) is 11.7. The van der Waals surface area contributed by atoms with Crippen LogP contribution >= 0.6 is 11.7 Å². The molecule has 0 bridgehead atoms. The van der Waals surface area contributed by atoms with Crippen molar-refractivity contribution in [3.8, 4) is 0 Å². The summed E-state index contributed by atoms with van der Waals surface area (Å²) in [5.74, 6) is 1.43. The summed E-state index contributed by atoms with van der Waals surface area (Å²) in [5.41, 5.74) is 5.41. The minimum Gasteiger partial charge on any atom is -0.351 e. The van der Waals surface area contributed by atoms with Crippen LogP contribution in [0.1, 0.15) is 32.0 Å². The lowest BCUT2D eigenvalue weighted by Crippen LogP contribution is -2.52. The third-order valence-electron chi connectivity index (χ3n) is 4.58. The van der Waals surface area contributed by atoms with Crippen molar-refractivity contribution in [2.75, 3.05) is 31.1 Å². The van der Waals surface area contributed by atoms with Gasteiger partial charge in [0.15, 0.2) is 5.82 Å². The van der Waals surface area contributed by atoms with Crippen molar-refractivity contribution in [1.29, 1.82) is 0 Å². The number of aromatic nitrogens is 2. The Hall–Kier alpha value is -2.19. The Balaban J connectivity index is 1.68.